The van der Waals surface area contributed by atoms with Crippen LogP contribution in [0.2, 0.25) is 0 Å². The number of amides is 1. The Morgan fingerprint density at radius 3 is 2.95 bits per heavy atom. The predicted octanol–water partition coefficient (Wildman–Crippen LogP) is 1.50. The van der Waals surface area contributed by atoms with Crippen molar-refractivity contribution in [1.29, 1.82) is 5.41 Å². The third-order valence-corrected chi connectivity index (χ3v) is 3.88. The third kappa shape index (κ3) is 3.87. The summed E-state index contributed by atoms with van der Waals surface area (Å²) in [6.07, 6.45) is 7.85. The number of nitrogens with one attached hydrogen (secondary N) is 1. The Bertz CT molecular complexity index is 551. The second kappa shape index (κ2) is 7.63. The number of carboxylic acid groups (broad SMARTS) is 1. The van der Waals surface area contributed by atoms with Gasteiger partial charge >= 0.3 is 5.97 Å². The smallest absolute Gasteiger partial charge is 0.308 e. The number of allylic oxidation sites excluding steroid dienone is 1. The van der Waals surface area contributed by atoms with Crippen LogP contribution < -0.4 is 0 Å². The summed E-state index contributed by atoms with van der Waals surface area (Å²) in [5, 5.41) is 23.8. The minimum absolute atomic E-state index is 0.158. The molecule has 1 heterocycles. The largest absolute Gasteiger partial charge is 0.481 e. The molecule has 0 spiro atoms. The van der Waals surface area contributed by atoms with Gasteiger partial charge in [-0.1, -0.05) is 6.08 Å². The van der Waals surface area contributed by atoms with Crippen molar-refractivity contribution < 1.29 is 14.7 Å². The molecule has 1 fully saturated rings. The lowest BCUT2D eigenvalue weighted by atomic mass is 9.93. The minimum atomic E-state index is -0.848. The van der Waals surface area contributed by atoms with Gasteiger partial charge in [0.25, 0.3) is 5.91 Å². The van der Waals surface area contributed by atoms with E-state index in [9.17, 15) is 9.59 Å². The molecule has 7 heteroatoms. The van der Waals surface area contributed by atoms with E-state index in [0.29, 0.717) is 37.1 Å². The highest BCUT2D eigenvalue weighted by molar-refractivity contribution is 6.22. The number of carbonyl (C=O) groups excluding carboxylic acids is 1. The molecule has 1 aliphatic heterocycles. The van der Waals surface area contributed by atoms with E-state index in [2.05, 4.69) is 10.2 Å². The molecule has 0 aromatic rings. The van der Waals surface area contributed by atoms with Gasteiger partial charge in [-0.25, -0.2) is 0 Å². The zero-order chi connectivity index (χ0) is 15.9. The maximum atomic E-state index is 12.7. The van der Waals surface area contributed by atoms with Gasteiger partial charge < -0.3 is 15.4 Å². The van der Waals surface area contributed by atoms with Gasteiger partial charge in [0.05, 0.1) is 23.4 Å². The highest BCUT2D eigenvalue weighted by Gasteiger charge is 2.31. The summed E-state index contributed by atoms with van der Waals surface area (Å²) in [6.45, 7) is 0.833. The summed E-state index contributed by atoms with van der Waals surface area (Å²) in [4.78, 5) is 25.4. The molecule has 7 nitrogen and oxygen atoms in total. The molecule has 1 atom stereocenters. The zero-order valence-corrected chi connectivity index (χ0v) is 12.4. The van der Waals surface area contributed by atoms with Crippen LogP contribution in [0.3, 0.4) is 0 Å². The van der Waals surface area contributed by atoms with Crippen molar-refractivity contribution >= 4 is 30.0 Å². The molecule has 1 amide bonds. The Balaban J connectivity index is 2.13. The Labute approximate surface area is 128 Å². The van der Waals surface area contributed by atoms with E-state index in [4.69, 9.17) is 10.5 Å². The number of hydrogen-bond donors (Lipinski definition) is 2. The first kappa shape index (κ1) is 16.1. The zero-order valence-electron chi connectivity index (χ0n) is 12.4. The van der Waals surface area contributed by atoms with Crippen LogP contribution in [0, 0.1) is 11.3 Å². The summed E-state index contributed by atoms with van der Waals surface area (Å²) in [7, 11) is 0. The number of carbonyl (C=O) groups is 2. The fourth-order valence-corrected chi connectivity index (χ4v) is 2.75. The Kier molecular flexibility index (Phi) is 5.57. The molecule has 2 aliphatic rings. The second-order valence-electron chi connectivity index (χ2n) is 5.42. The van der Waals surface area contributed by atoms with Crippen LogP contribution in [0.25, 0.3) is 0 Å². The first-order chi connectivity index (χ1) is 10.6. The monoisotopic (exact) mass is 304 g/mol. The van der Waals surface area contributed by atoms with E-state index in [0.717, 1.165) is 19.1 Å². The highest BCUT2D eigenvalue weighted by Crippen LogP contribution is 2.22. The van der Waals surface area contributed by atoms with E-state index >= 15 is 0 Å². The van der Waals surface area contributed by atoms with Crippen LogP contribution in [-0.4, -0.2) is 53.1 Å². The third-order valence-electron chi connectivity index (χ3n) is 3.88. The van der Waals surface area contributed by atoms with E-state index in [1.165, 1.54) is 6.21 Å². The van der Waals surface area contributed by atoms with Crippen molar-refractivity contribution in [2.45, 2.75) is 32.1 Å². The van der Waals surface area contributed by atoms with Crippen molar-refractivity contribution in [3.05, 3.63) is 11.6 Å². The molecule has 0 aromatic carbocycles. The van der Waals surface area contributed by atoms with E-state index in [1.54, 1.807) is 4.90 Å². The molecule has 1 aliphatic carbocycles. The lowest BCUT2D eigenvalue weighted by molar-refractivity contribution is -0.144. The minimum Gasteiger partial charge on any atom is -0.481 e. The number of piperidine rings is 1. The fraction of sp³-hybridized carbons (Fsp3) is 0.533. The Morgan fingerprint density at radius 2 is 2.23 bits per heavy atom. The van der Waals surface area contributed by atoms with Gasteiger partial charge in [0, 0.05) is 19.3 Å². The lowest BCUT2D eigenvalue weighted by Gasteiger charge is -2.32. The molecule has 2 N–H and O–H groups in total. The molecule has 0 aromatic heterocycles. The summed E-state index contributed by atoms with van der Waals surface area (Å²) in [5.74, 6) is -1.49. The number of hydrogen-bond acceptors (Lipinski definition) is 5. The van der Waals surface area contributed by atoms with E-state index in [-0.39, 0.29) is 12.5 Å². The number of carboxylic acids is 1. The average Bonchev–Trinajstić information content (AvgIpc) is 2.55. The molecule has 0 saturated carbocycles. The molecule has 0 radical (unpaired) electrons. The Hall–Kier alpha value is -2.31. The summed E-state index contributed by atoms with van der Waals surface area (Å²) in [5.41, 5.74) is 1.14. The summed E-state index contributed by atoms with van der Waals surface area (Å²) < 4.78 is 0. The van der Waals surface area contributed by atoms with Crippen LogP contribution in [0.1, 0.15) is 32.1 Å². The number of rotatable bonds is 4. The van der Waals surface area contributed by atoms with Crippen molar-refractivity contribution in [3.8, 4) is 0 Å². The van der Waals surface area contributed by atoms with Crippen LogP contribution in [-0.2, 0) is 9.59 Å². The molecule has 22 heavy (non-hydrogen) atoms. The van der Waals surface area contributed by atoms with Crippen molar-refractivity contribution in [1.82, 2.24) is 4.90 Å². The standard InChI is InChI=1S/C15H20N4O3/c16-7-8-17-18-13-6-2-1-5-12(13)14(20)19-9-3-4-11(10-19)15(21)22/h5,7-8,11,16H,1-4,6,9-10H2,(H,21,22)/b16-7?,17-8+,18-13+. The fourth-order valence-electron chi connectivity index (χ4n) is 2.75. The molecule has 118 valence electrons. The maximum Gasteiger partial charge on any atom is 0.308 e. The molecule has 1 saturated heterocycles. The summed E-state index contributed by atoms with van der Waals surface area (Å²) >= 11 is 0. The van der Waals surface area contributed by atoms with Gasteiger partial charge in [-0.2, -0.15) is 10.2 Å². The van der Waals surface area contributed by atoms with Crippen molar-refractivity contribution in [2.75, 3.05) is 13.1 Å². The molecule has 0 bridgehead atoms. The molecular weight excluding hydrogens is 284 g/mol. The van der Waals surface area contributed by atoms with Gasteiger partial charge in [0.15, 0.2) is 0 Å². The van der Waals surface area contributed by atoms with Crippen LogP contribution in [0.15, 0.2) is 21.9 Å². The quantitative estimate of drug-likeness (QED) is 0.607. The van der Waals surface area contributed by atoms with Crippen LogP contribution >= 0.6 is 0 Å². The predicted molar refractivity (Wildman–Crippen MR) is 83.6 cm³/mol. The normalized spacial score (nSPS) is 24.4. The van der Waals surface area contributed by atoms with Crippen LogP contribution in [0.4, 0.5) is 0 Å². The van der Waals surface area contributed by atoms with Crippen LogP contribution in [0.5, 0.6) is 0 Å². The molecule has 1 unspecified atom stereocenters. The van der Waals surface area contributed by atoms with Crippen molar-refractivity contribution in [3.63, 3.8) is 0 Å². The molecular formula is C15H20N4O3. The van der Waals surface area contributed by atoms with Gasteiger partial charge in [0.1, 0.15) is 0 Å². The summed E-state index contributed by atoms with van der Waals surface area (Å²) in [6, 6.07) is 0. The lowest BCUT2D eigenvalue weighted by Crippen LogP contribution is -2.44. The molecule has 2 rings (SSSR count). The first-order valence-corrected chi connectivity index (χ1v) is 7.45. The van der Waals surface area contributed by atoms with Gasteiger partial charge in [-0.3, -0.25) is 9.59 Å². The maximum absolute atomic E-state index is 12.7. The average molecular weight is 304 g/mol. The van der Waals surface area contributed by atoms with E-state index < -0.39 is 11.9 Å². The Morgan fingerprint density at radius 1 is 1.41 bits per heavy atom. The van der Waals surface area contributed by atoms with Gasteiger partial charge in [-0.05, 0) is 32.1 Å². The topological polar surface area (TPSA) is 106 Å². The highest BCUT2D eigenvalue weighted by atomic mass is 16.4. The SMILES string of the molecule is N=C/C=N/N=C1\CCCC=C1C(=O)N1CCCC(C(=O)O)C1. The van der Waals surface area contributed by atoms with Gasteiger partial charge in [-0.15, -0.1) is 0 Å². The van der Waals surface area contributed by atoms with E-state index in [1.807, 2.05) is 6.08 Å². The first-order valence-electron chi connectivity index (χ1n) is 7.45. The second-order valence-corrected chi connectivity index (χ2v) is 5.42. The number of likely N-dealkylation sites (tertiary alicyclic amines) is 1. The van der Waals surface area contributed by atoms with Crippen molar-refractivity contribution in [2.24, 2.45) is 16.1 Å². The van der Waals surface area contributed by atoms with Gasteiger partial charge in [0.2, 0.25) is 0 Å². The number of nitrogens with zero attached hydrogens (tertiary/aromatic N) is 3. The number of aliphatic carboxylic acids is 1.